The van der Waals surface area contributed by atoms with Gasteiger partial charge in [-0.1, -0.05) is 201 Å². The predicted molar refractivity (Wildman–Crippen MR) is 277 cm³/mol. The molecule has 64 heavy (non-hydrogen) atoms. The van der Waals surface area contributed by atoms with Crippen LogP contribution in [-0.2, 0) is 13.0 Å². The average Bonchev–Trinajstić information content (AvgIpc) is 3.51. The first-order chi connectivity index (χ1) is 31.2. The Balaban J connectivity index is 0.000000234. The molecule has 0 aliphatic heterocycles. The summed E-state index contributed by atoms with van der Waals surface area (Å²) in [6.45, 7) is 19.4. The van der Waals surface area contributed by atoms with Gasteiger partial charge in [0.2, 0.25) is 0 Å². The Labute approximate surface area is 386 Å². The van der Waals surface area contributed by atoms with Crippen LogP contribution < -0.4 is 0 Å². The summed E-state index contributed by atoms with van der Waals surface area (Å²) >= 11 is 0. The van der Waals surface area contributed by atoms with Crippen molar-refractivity contribution in [2.45, 2.75) is 105 Å². The first kappa shape index (κ1) is 48.8. The molecule has 2 aliphatic carbocycles. The van der Waals surface area contributed by atoms with Gasteiger partial charge in [0.1, 0.15) is 0 Å². The van der Waals surface area contributed by atoms with Crippen molar-refractivity contribution in [3.05, 3.63) is 232 Å². The van der Waals surface area contributed by atoms with Crippen LogP contribution in [0.15, 0.2) is 197 Å². The van der Waals surface area contributed by atoms with E-state index >= 15 is 0 Å². The lowest BCUT2D eigenvalue weighted by molar-refractivity contribution is 0.276. The van der Waals surface area contributed by atoms with Crippen molar-refractivity contribution in [2.75, 3.05) is 7.05 Å². The average molecular weight is 847 g/mol. The summed E-state index contributed by atoms with van der Waals surface area (Å²) in [6, 6.07) is 40.8. The number of aryl methyl sites for hydroxylation is 2. The number of aromatic nitrogens is 2. The van der Waals surface area contributed by atoms with E-state index < -0.39 is 0 Å². The van der Waals surface area contributed by atoms with E-state index in [0.717, 1.165) is 79.1 Å². The van der Waals surface area contributed by atoms with Gasteiger partial charge in [-0.3, -0.25) is 9.89 Å². The summed E-state index contributed by atoms with van der Waals surface area (Å²) in [5, 5.41) is 0. The summed E-state index contributed by atoms with van der Waals surface area (Å²) in [5.74, 6) is 1.28. The van der Waals surface area contributed by atoms with E-state index in [1.807, 2.05) is 26.8 Å². The minimum Gasteiger partial charge on any atom is -0.292 e. The van der Waals surface area contributed by atoms with Gasteiger partial charge in [-0.2, -0.15) is 0 Å². The zero-order valence-corrected chi connectivity index (χ0v) is 39.8. The van der Waals surface area contributed by atoms with Crippen LogP contribution in [0.25, 0.3) is 17.0 Å². The van der Waals surface area contributed by atoms with Gasteiger partial charge in [-0.25, -0.2) is 9.97 Å². The number of nitrogens with zero attached hydrogens (tertiary/aromatic N) is 4. The van der Waals surface area contributed by atoms with Crippen LogP contribution in [0.5, 0.6) is 0 Å². The van der Waals surface area contributed by atoms with Gasteiger partial charge in [-0.15, -0.1) is 0 Å². The lowest BCUT2D eigenvalue weighted by atomic mass is 9.92. The molecule has 0 saturated carbocycles. The van der Waals surface area contributed by atoms with E-state index in [1.54, 1.807) is 0 Å². The maximum Gasteiger partial charge on any atom is 0.160 e. The molecule has 0 spiro atoms. The molecule has 0 fully saturated rings. The molecular weight excluding hydrogens is 777 g/mol. The zero-order valence-electron chi connectivity index (χ0n) is 39.8. The monoisotopic (exact) mass is 847 g/mol. The number of hydrogen-bond donors (Lipinski definition) is 0. The standard InChI is InChI=1S/C31H30N2.C27H34N2.C2H6/c1-23-19-24(17-18-28(20-23)25-11-5-2-6-12-25)21-29-22-30(26-13-7-3-8-14-26)33-31(32-29)27-15-9-4-10-16-27;1-7-12-24(13-8-2)26(28-5)19-27(25-17-21(3)16-22(4)18-25)29(6)20-23-14-10-9-11-15-23;1-2/h2,4-7,9-16,19-20,22,28H,3,8,17-18,21H2,1H3;7,9-19,27H,5,8,20H2,1-4,6H3;1-2H3/b;12-7-,24-13+,26-19-;. The summed E-state index contributed by atoms with van der Waals surface area (Å²) < 4.78 is 0. The second-order valence-electron chi connectivity index (χ2n) is 16.6. The van der Waals surface area contributed by atoms with Gasteiger partial charge >= 0.3 is 0 Å². The Morgan fingerprint density at radius 2 is 1.53 bits per heavy atom. The van der Waals surface area contributed by atoms with Gasteiger partial charge < -0.3 is 0 Å². The molecule has 4 nitrogen and oxygen atoms in total. The molecule has 5 aromatic rings. The molecule has 0 saturated heterocycles. The van der Waals surface area contributed by atoms with Crippen molar-refractivity contribution < 1.29 is 0 Å². The normalized spacial score (nSPS) is 15.8. The van der Waals surface area contributed by atoms with Crippen molar-refractivity contribution in [3.63, 3.8) is 0 Å². The Morgan fingerprint density at radius 1 is 0.859 bits per heavy atom. The lowest BCUT2D eigenvalue weighted by Crippen LogP contribution is -2.23. The number of benzene rings is 4. The lowest BCUT2D eigenvalue weighted by Gasteiger charge is -2.27. The molecule has 4 aromatic carbocycles. The first-order valence-electron chi connectivity index (χ1n) is 23.3. The van der Waals surface area contributed by atoms with Crippen LogP contribution in [0.2, 0.25) is 0 Å². The number of rotatable bonds is 14. The minimum atomic E-state index is 0.0971. The second kappa shape index (κ2) is 25.8. The third-order valence-corrected chi connectivity index (χ3v) is 11.3. The van der Waals surface area contributed by atoms with Gasteiger partial charge in [0.15, 0.2) is 5.82 Å². The van der Waals surface area contributed by atoms with Crippen LogP contribution in [0.1, 0.15) is 118 Å². The molecule has 0 N–H and O–H groups in total. The van der Waals surface area contributed by atoms with Crippen molar-refractivity contribution >= 4 is 12.3 Å². The van der Waals surface area contributed by atoms with Gasteiger partial charge in [0, 0.05) is 30.1 Å². The molecule has 1 heterocycles. The highest BCUT2D eigenvalue weighted by atomic mass is 15.1. The quantitative estimate of drug-likeness (QED) is 0.0826. The molecule has 2 unspecified atom stereocenters. The third kappa shape index (κ3) is 14.7. The van der Waals surface area contributed by atoms with Crippen molar-refractivity contribution in [1.29, 1.82) is 0 Å². The topological polar surface area (TPSA) is 41.4 Å². The van der Waals surface area contributed by atoms with Crippen molar-refractivity contribution in [1.82, 2.24) is 14.9 Å². The second-order valence-corrected chi connectivity index (χ2v) is 16.6. The number of likely N-dealkylation sites (N-methyl/N-ethyl adjacent to an activating group) is 1. The summed E-state index contributed by atoms with van der Waals surface area (Å²) in [7, 11) is 2.17. The molecule has 2 aliphatic rings. The maximum absolute atomic E-state index is 5.00. The SMILES string of the molecule is C=NC(=C\C(c1cc(C)cc(C)c1)N(C)Cc1ccccc1)/C(/C=C\C)=C/CC.CC.CC1=CC(c2ccccc2)CCC(Cc2cc(C3=CCCC=C3)nc(-c3ccccc3)n2)=C1. The van der Waals surface area contributed by atoms with Crippen molar-refractivity contribution in [3.8, 4) is 11.4 Å². The fourth-order valence-corrected chi connectivity index (χ4v) is 8.45. The van der Waals surface area contributed by atoms with Crippen LogP contribution >= 0.6 is 0 Å². The fourth-order valence-electron chi connectivity index (χ4n) is 8.45. The largest absolute Gasteiger partial charge is 0.292 e. The van der Waals surface area contributed by atoms with Gasteiger partial charge in [-0.05, 0) is 114 Å². The van der Waals surface area contributed by atoms with E-state index in [0.29, 0.717) is 5.92 Å². The van der Waals surface area contributed by atoms with Crippen LogP contribution in [-0.4, -0.2) is 28.6 Å². The molecule has 2 atom stereocenters. The molecule has 7 rings (SSSR count). The zero-order chi connectivity index (χ0) is 45.7. The maximum atomic E-state index is 5.00. The Bertz CT molecular complexity index is 2440. The molecule has 0 radical (unpaired) electrons. The number of aliphatic imine (C=N–C) groups is 1. The fraction of sp³-hybridized carbons (Fsp3) is 0.283. The van der Waals surface area contributed by atoms with Gasteiger partial charge in [0.05, 0.1) is 17.4 Å². The molecule has 1 aromatic heterocycles. The molecule has 4 heteroatoms. The summed E-state index contributed by atoms with van der Waals surface area (Å²) in [4.78, 5) is 16.7. The highest BCUT2D eigenvalue weighted by molar-refractivity contribution is 5.74. The minimum absolute atomic E-state index is 0.0971. The molecule has 0 bridgehead atoms. The van der Waals surface area contributed by atoms with Gasteiger partial charge in [0.25, 0.3) is 0 Å². The van der Waals surface area contributed by atoms with Crippen molar-refractivity contribution in [2.24, 2.45) is 4.99 Å². The van der Waals surface area contributed by atoms with E-state index in [-0.39, 0.29) is 6.04 Å². The molecule has 330 valence electrons. The first-order valence-corrected chi connectivity index (χ1v) is 23.3. The Hall–Kier alpha value is -6.23. The number of hydrogen-bond acceptors (Lipinski definition) is 4. The van der Waals surface area contributed by atoms with E-state index in [4.69, 9.17) is 9.97 Å². The summed E-state index contributed by atoms with van der Waals surface area (Å²) in [5.41, 5.74) is 15.7. The van der Waals surface area contributed by atoms with Crippen LogP contribution in [0, 0.1) is 13.8 Å². The predicted octanol–water partition coefficient (Wildman–Crippen LogP) is 15.9. The third-order valence-electron chi connectivity index (χ3n) is 11.3. The highest BCUT2D eigenvalue weighted by Gasteiger charge is 2.19. The smallest absolute Gasteiger partial charge is 0.160 e. The van der Waals surface area contributed by atoms with E-state index in [9.17, 15) is 0 Å². The Kier molecular flexibility index (Phi) is 19.7. The van der Waals surface area contributed by atoms with Crippen LogP contribution in [0.4, 0.5) is 0 Å². The summed E-state index contributed by atoms with van der Waals surface area (Å²) in [6.07, 6.45) is 26.3. The highest BCUT2D eigenvalue weighted by Crippen LogP contribution is 2.33. The molecular formula is C60H70N4. The molecule has 0 amide bonds. The van der Waals surface area contributed by atoms with E-state index in [2.05, 4.69) is 215 Å². The Morgan fingerprint density at radius 3 is 2.16 bits per heavy atom. The van der Waals surface area contributed by atoms with E-state index in [1.165, 1.54) is 44.5 Å². The van der Waals surface area contributed by atoms with Crippen LogP contribution in [0.3, 0.4) is 0 Å². The number of allylic oxidation sites excluding steroid dienone is 11.